The molecule has 1 aromatic carbocycles. The number of nitrogens with zero attached hydrogens (tertiary/aromatic N) is 5. The first-order chi connectivity index (χ1) is 16.0. The summed E-state index contributed by atoms with van der Waals surface area (Å²) in [6.07, 6.45) is 3.55. The van der Waals surface area contributed by atoms with E-state index in [1.165, 1.54) is 12.4 Å². The summed E-state index contributed by atoms with van der Waals surface area (Å²) in [5, 5.41) is 7.58. The molecule has 1 aliphatic heterocycles. The Labute approximate surface area is 191 Å². The van der Waals surface area contributed by atoms with Crippen LogP contribution in [0.4, 0.5) is 11.8 Å². The van der Waals surface area contributed by atoms with E-state index in [1.54, 1.807) is 7.11 Å². The number of carbonyl (C=O) groups excluding carboxylic acids is 1. The molecule has 3 heterocycles. The topological polar surface area (TPSA) is 142 Å². The zero-order valence-corrected chi connectivity index (χ0v) is 19.0. The lowest BCUT2D eigenvalue weighted by Gasteiger charge is -2.15. The standard InChI is InChI=1S/C22H28N8O3/c1-13(2)24-7-4-10-33-16-6-5-15-17(18(16)32-3)28-22(30-9-8-25-19(15)30)29-20(31)14-11-26-21(23)27-12-14/h5-6,11-13,24-25H,4,7-10H2,1-3H3,(H2,23,26,27). The Kier molecular flexibility index (Phi) is 6.68. The van der Waals surface area contributed by atoms with Crippen molar-refractivity contribution in [1.29, 1.82) is 0 Å². The third-order valence-electron chi connectivity index (χ3n) is 5.16. The quantitative estimate of drug-likeness (QED) is 0.432. The summed E-state index contributed by atoms with van der Waals surface area (Å²) in [4.78, 5) is 29.3. The van der Waals surface area contributed by atoms with Gasteiger partial charge in [0.2, 0.25) is 11.6 Å². The van der Waals surface area contributed by atoms with E-state index in [-0.39, 0.29) is 17.1 Å². The molecule has 0 atom stereocenters. The largest absolute Gasteiger partial charge is 0.491 e. The highest BCUT2D eigenvalue weighted by Gasteiger charge is 2.21. The van der Waals surface area contributed by atoms with Crippen LogP contribution >= 0.6 is 0 Å². The number of nitrogens with one attached hydrogen (secondary N) is 2. The zero-order valence-electron chi connectivity index (χ0n) is 19.0. The number of carbonyl (C=O) groups is 1. The number of amides is 1. The third-order valence-corrected chi connectivity index (χ3v) is 5.16. The number of rotatable bonds is 8. The van der Waals surface area contributed by atoms with Crippen LogP contribution in [0, 0.1) is 0 Å². The SMILES string of the molecule is COc1c(OCCCNC(C)C)ccc2c3n(c(=NC(=O)c4cnc(N)nc4)nc12)CCN3. The van der Waals surface area contributed by atoms with Crippen molar-refractivity contribution in [3.8, 4) is 11.5 Å². The highest BCUT2D eigenvalue weighted by Crippen LogP contribution is 2.37. The zero-order chi connectivity index (χ0) is 23.4. The Morgan fingerprint density at radius 2 is 2.12 bits per heavy atom. The second-order valence-electron chi connectivity index (χ2n) is 7.89. The van der Waals surface area contributed by atoms with Gasteiger partial charge in [-0.05, 0) is 25.1 Å². The average molecular weight is 453 g/mol. The molecule has 0 unspecified atom stereocenters. The molecule has 1 aliphatic rings. The summed E-state index contributed by atoms with van der Waals surface area (Å²) in [7, 11) is 1.57. The number of nitrogens with two attached hydrogens (primary N) is 1. The lowest BCUT2D eigenvalue weighted by atomic mass is 10.2. The maximum atomic E-state index is 12.7. The highest BCUT2D eigenvalue weighted by molar-refractivity contribution is 5.96. The van der Waals surface area contributed by atoms with E-state index in [9.17, 15) is 4.79 Å². The summed E-state index contributed by atoms with van der Waals surface area (Å²) < 4.78 is 13.5. The van der Waals surface area contributed by atoms with Gasteiger partial charge in [-0.1, -0.05) is 13.8 Å². The van der Waals surface area contributed by atoms with Gasteiger partial charge in [-0.25, -0.2) is 15.0 Å². The van der Waals surface area contributed by atoms with Gasteiger partial charge in [0.05, 0.1) is 19.3 Å². The molecule has 0 bridgehead atoms. The van der Waals surface area contributed by atoms with Crippen LogP contribution in [-0.2, 0) is 6.54 Å². The number of ether oxygens (including phenoxy) is 2. The molecule has 174 valence electrons. The molecule has 0 saturated heterocycles. The fraction of sp³-hybridized carbons (Fsp3) is 0.409. The van der Waals surface area contributed by atoms with Gasteiger partial charge in [0.25, 0.3) is 5.91 Å². The minimum atomic E-state index is -0.507. The predicted molar refractivity (Wildman–Crippen MR) is 124 cm³/mol. The normalized spacial score (nSPS) is 13.3. The lowest BCUT2D eigenvalue weighted by Crippen LogP contribution is -2.25. The van der Waals surface area contributed by atoms with Crippen LogP contribution in [0.3, 0.4) is 0 Å². The first-order valence-electron chi connectivity index (χ1n) is 10.9. The second kappa shape index (κ2) is 9.82. The van der Waals surface area contributed by atoms with Gasteiger partial charge in [0.15, 0.2) is 11.5 Å². The smallest absolute Gasteiger partial charge is 0.283 e. The lowest BCUT2D eigenvalue weighted by molar-refractivity contribution is 0.0996. The monoisotopic (exact) mass is 452 g/mol. The van der Waals surface area contributed by atoms with Crippen LogP contribution in [0.2, 0.25) is 0 Å². The predicted octanol–water partition coefficient (Wildman–Crippen LogP) is 1.35. The van der Waals surface area contributed by atoms with Crippen LogP contribution in [0.5, 0.6) is 11.5 Å². The maximum absolute atomic E-state index is 12.7. The Bertz CT molecular complexity index is 1220. The maximum Gasteiger partial charge on any atom is 0.283 e. The van der Waals surface area contributed by atoms with Crippen molar-refractivity contribution >= 4 is 28.6 Å². The van der Waals surface area contributed by atoms with E-state index in [2.05, 4.69) is 44.4 Å². The molecule has 0 saturated carbocycles. The van der Waals surface area contributed by atoms with Gasteiger partial charge in [0, 0.05) is 36.9 Å². The van der Waals surface area contributed by atoms with Gasteiger partial charge in [-0.2, -0.15) is 4.99 Å². The molecule has 0 aliphatic carbocycles. The molecule has 0 fully saturated rings. The fourth-order valence-electron chi connectivity index (χ4n) is 3.59. The number of hydrogen-bond acceptors (Lipinski definition) is 9. The molecule has 3 aromatic rings. The highest BCUT2D eigenvalue weighted by atomic mass is 16.5. The molecule has 33 heavy (non-hydrogen) atoms. The average Bonchev–Trinajstić information content (AvgIpc) is 3.29. The molecule has 0 spiro atoms. The van der Waals surface area contributed by atoms with Gasteiger partial charge in [0.1, 0.15) is 11.3 Å². The summed E-state index contributed by atoms with van der Waals surface area (Å²) in [5.41, 5.74) is 6.57. The van der Waals surface area contributed by atoms with Gasteiger partial charge < -0.3 is 25.8 Å². The van der Waals surface area contributed by atoms with Crippen LogP contribution in [0.25, 0.3) is 10.9 Å². The van der Waals surface area contributed by atoms with Crippen molar-refractivity contribution in [3.63, 3.8) is 0 Å². The molecule has 2 aromatic heterocycles. The summed E-state index contributed by atoms with van der Waals surface area (Å²) in [6.45, 7) is 6.94. The number of nitrogen functional groups attached to an aromatic ring is 1. The number of benzene rings is 1. The van der Waals surface area contributed by atoms with E-state index in [1.807, 2.05) is 16.7 Å². The summed E-state index contributed by atoms with van der Waals surface area (Å²) >= 11 is 0. The van der Waals surface area contributed by atoms with Gasteiger partial charge in [-0.15, -0.1) is 0 Å². The second-order valence-corrected chi connectivity index (χ2v) is 7.89. The Balaban J connectivity index is 1.71. The minimum absolute atomic E-state index is 0.0899. The fourth-order valence-corrected chi connectivity index (χ4v) is 3.59. The van der Waals surface area contributed by atoms with E-state index < -0.39 is 5.91 Å². The molecular weight excluding hydrogens is 424 g/mol. The Hall–Kier alpha value is -3.73. The Morgan fingerprint density at radius 1 is 1.33 bits per heavy atom. The van der Waals surface area contributed by atoms with E-state index >= 15 is 0 Å². The van der Waals surface area contributed by atoms with Crippen LogP contribution in [-0.4, -0.2) is 58.3 Å². The summed E-state index contributed by atoms with van der Waals surface area (Å²) in [5.74, 6) is 1.50. The van der Waals surface area contributed by atoms with Crippen molar-refractivity contribution < 1.29 is 14.3 Å². The minimum Gasteiger partial charge on any atom is -0.491 e. The molecule has 11 heteroatoms. The molecule has 4 N–H and O–H groups in total. The van der Waals surface area contributed by atoms with Crippen molar-refractivity contribution in [1.82, 2.24) is 24.8 Å². The number of fused-ring (bicyclic) bond motifs is 3. The van der Waals surface area contributed by atoms with Crippen molar-refractivity contribution in [2.45, 2.75) is 32.9 Å². The van der Waals surface area contributed by atoms with Gasteiger partial charge in [-0.3, -0.25) is 9.36 Å². The van der Waals surface area contributed by atoms with Crippen LogP contribution < -0.4 is 31.5 Å². The molecule has 1 amide bonds. The third kappa shape index (κ3) is 4.87. The number of methoxy groups -OCH3 is 1. The number of anilines is 2. The number of aromatic nitrogens is 4. The molecular formula is C22H28N8O3. The van der Waals surface area contributed by atoms with Crippen LogP contribution in [0.15, 0.2) is 29.5 Å². The van der Waals surface area contributed by atoms with Crippen LogP contribution in [0.1, 0.15) is 30.6 Å². The molecule has 11 nitrogen and oxygen atoms in total. The molecule has 0 radical (unpaired) electrons. The van der Waals surface area contributed by atoms with Crippen molar-refractivity contribution in [2.24, 2.45) is 4.99 Å². The van der Waals surface area contributed by atoms with Gasteiger partial charge >= 0.3 is 0 Å². The van der Waals surface area contributed by atoms with E-state index in [0.717, 1.165) is 24.2 Å². The summed E-state index contributed by atoms with van der Waals surface area (Å²) in [6, 6.07) is 4.25. The van der Waals surface area contributed by atoms with Crippen molar-refractivity contribution in [2.75, 3.05) is 37.9 Å². The van der Waals surface area contributed by atoms with Crippen molar-refractivity contribution in [3.05, 3.63) is 35.7 Å². The first-order valence-corrected chi connectivity index (χ1v) is 10.9. The van der Waals surface area contributed by atoms with E-state index in [0.29, 0.717) is 42.8 Å². The first kappa shape index (κ1) is 22.5. The number of hydrogen-bond donors (Lipinski definition) is 3. The molecule has 4 rings (SSSR count). The van der Waals surface area contributed by atoms with E-state index in [4.69, 9.17) is 15.2 Å². The Morgan fingerprint density at radius 3 is 2.85 bits per heavy atom.